The standard InChI is InChI=1S/C14H15ClN2O2S/c1-10-17-12(9-20-10)8-16-14(18)6-7-19-13-4-2-11(15)3-5-13/h2-5,9H,6-8H2,1H3,(H,16,18). The number of aryl methyl sites for hydroxylation is 1. The molecule has 0 saturated carbocycles. The van der Waals surface area contributed by atoms with E-state index in [0.29, 0.717) is 30.3 Å². The molecular weight excluding hydrogens is 296 g/mol. The maximum absolute atomic E-state index is 11.6. The van der Waals surface area contributed by atoms with Gasteiger partial charge in [0.15, 0.2) is 0 Å². The Balaban J connectivity index is 1.66. The fourth-order valence-corrected chi connectivity index (χ4v) is 2.30. The monoisotopic (exact) mass is 310 g/mol. The molecule has 6 heteroatoms. The van der Waals surface area contributed by atoms with Gasteiger partial charge in [-0.1, -0.05) is 11.6 Å². The summed E-state index contributed by atoms with van der Waals surface area (Å²) >= 11 is 7.35. The van der Waals surface area contributed by atoms with Crippen LogP contribution in [0.5, 0.6) is 5.75 Å². The summed E-state index contributed by atoms with van der Waals surface area (Å²) < 4.78 is 5.45. The Hall–Kier alpha value is -1.59. The molecule has 0 atom stereocenters. The molecule has 0 bridgehead atoms. The van der Waals surface area contributed by atoms with Crippen molar-refractivity contribution >= 4 is 28.8 Å². The van der Waals surface area contributed by atoms with Crippen LogP contribution in [0.15, 0.2) is 29.6 Å². The minimum absolute atomic E-state index is 0.0513. The van der Waals surface area contributed by atoms with Crippen LogP contribution in [0.25, 0.3) is 0 Å². The summed E-state index contributed by atoms with van der Waals surface area (Å²) in [5, 5.41) is 6.42. The first-order valence-corrected chi connectivity index (χ1v) is 7.45. The summed E-state index contributed by atoms with van der Waals surface area (Å²) in [6.07, 6.45) is 0.311. The van der Waals surface area contributed by atoms with Crippen molar-refractivity contribution in [2.75, 3.05) is 6.61 Å². The zero-order valence-corrected chi connectivity index (χ0v) is 12.6. The van der Waals surface area contributed by atoms with E-state index in [1.165, 1.54) is 0 Å². The van der Waals surface area contributed by atoms with Crippen LogP contribution >= 0.6 is 22.9 Å². The molecule has 1 N–H and O–H groups in total. The van der Waals surface area contributed by atoms with Crippen LogP contribution in [-0.4, -0.2) is 17.5 Å². The van der Waals surface area contributed by atoms with E-state index in [-0.39, 0.29) is 5.91 Å². The van der Waals surface area contributed by atoms with Crippen LogP contribution in [0, 0.1) is 6.92 Å². The number of nitrogens with zero attached hydrogens (tertiary/aromatic N) is 1. The molecule has 0 unspecified atom stereocenters. The van der Waals surface area contributed by atoms with Gasteiger partial charge in [0.25, 0.3) is 0 Å². The smallest absolute Gasteiger partial charge is 0.223 e. The highest BCUT2D eigenvalue weighted by atomic mass is 35.5. The molecule has 106 valence electrons. The number of aromatic nitrogens is 1. The molecular formula is C14H15ClN2O2S. The fraction of sp³-hybridized carbons (Fsp3) is 0.286. The van der Waals surface area contributed by atoms with E-state index in [1.807, 2.05) is 12.3 Å². The zero-order valence-electron chi connectivity index (χ0n) is 11.1. The highest BCUT2D eigenvalue weighted by Gasteiger charge is 2.04. The number of amides is 1. The van der Waals surface area contributed by atoms with Crippen molar-refractivity contribution in [1.29, 1.82) is 0 Å². The van der Waals surface area contributed by atoms with Crippen LogP contribution in [0.1, 0.15) is 17.1 Å². The van der Waals surface area contributed by atoms with Crippen LogP contribution in [-0.2, 0) is 11.3 Å². The van der Waals surface area contributed by atoms with Crippen molar-refractivity contribution in [3.05, 3.63) is 45.4 Å². The number of benzene rings is 1. The average Bonchev–Trinajstić information content (AvgIpc) is 2.85. The maximum atomic E-state index is 11.6. The molecule has 0 aliphatic heterocycles. The van der Waals surface area contributed by atoms with E-state index in [0.717, 1.165) is 10.7 Å². The predicted octanol–water partition coefficient (Wildman–Crippen LogP) is 3.19. The third kappa shape index (κ3) is 4.83. The van der Waals surface area contributed by atoms with Gasteiger partial charge in [-0.2, -0.15) is 0 Å². The van der Waals surface area contributed by atoms with E-state index in [1.54, 1.807) is 35.6 Å². The molecule has 0 spiro atoms. The summed E-state index contributed by atoms with van der Waals surface area (Å²) in [6, 6.07) is 7.06. The number of nitrogens with one attached hydrogen (secondary N) is 1. The highest BCUT2D eigenvalue weighted by molar-refractivity contribution is 7.09. The second-order valence-corrected chi connectivity index (χ2v) is 5.69. The summed E-state index contributed by atoms with van der Waals surface area (Å²) in [5.41, 5.74) is 0.888. The summed E-state index contributed by atoms with van der Waals surface area (Å²) in [6.45, 7) is 2.74. The van der Waals surface area contributed by atoms with Crippen molar-refractivity contribution in [2.24, 2.45) is 0 Å². The first-order chi connectivity index (χ1) is 9.63. The van der Waals surface area contributed by atoms with Gasteiger partial charge in [0.05, 0.1) is 30.3 Å². The van der Waals surface area contributed by atoms with Crippen LogP contribution in [0.2, 0.25) is 5.02 Å². The number of rotatable bonds is 6. The van der Waals surface area contributed by atoms with E-state index in [9.17, 15) is 4.79 Å². The molecule has 4 nitrogen and oxygen atoms in total. The molecule has 1 aromatic heterocycles. The first-order valence-electron chi connectivity index (χ1n) is 6.19. The minimum atomic E-state index is -0.0513. The van der Waals surface area contributed by atoms with Gasteiger partial charge < -0.3 is 10.1 Å². The lowest BCUT2D eigenvalue weighted by atomic mass is 10.3. The molecule has 20 heavy (non-hydrogen) atoms. The minimum Gasteiger partial charge on any atom is -0.493 e. The lowest BCUT2D eigenvalue weighted by molar-refractivity contribution is -0.121. The van der Waals surface area contributed by atoms with Gasteiger partial charge in [-0.3, -0.25) is 4.79 Å². The summed E-state index contributed by atoms with van der Waals surface area (Å²) in [5.74, 6) is 0.655. The van der Waals surface area contributed by atoms with Gasteiger partial charge in [-0.15, -0.1) is 11.3 Å². The second-order valence-electron chi connectivity index (χ2n) is 4.19. The SMILES string of the molecule is Cc1nc(CNC(=O)CCOc2ccc(Cl)cc2)cs1. The number of thiazole rings is 1. The molecule has 0 aliphatic carbocycles. The summed E-state index contributed by atoms with van der Waals surface area (Å²) in [7, 11) is 0. The van der Waals surface area contributed by atoms with Crippen molar-refractivity contribution in [2.45, 2.75) is 19.9 Å². The molecule has 2 aromatic rings. The Kier molecular flexibility index (Phi) is 5.38. The van der Waals surface area contributed by atoms with Crippen molar-refractivity contribution in [1.82, 2.24) is 10.3 Å². The lowest BCUT2D eigenvalue weighted by Crippen LogP contribution is -2.24. The average molecular weight is 311 g/mol. The normalized spacial score (nSPS) is 10.3. The highest BCUT2D eigenvalue weighted by Crippen LogP contribution is 2.15. The van der Waals surface area contributed by atoms with Crippen molar-refractivity contribution in [3.8, 4) is 5.75 Å². The Morgan fingerprint density at radius 3 is 2.80 bits per heavy atom. The predicted molar refractivity (Wildman–Crippen MR) is 80.3 cm³/mol. The van der Waals surface area contributed by atoms with E-state index in [2.05, 4.69) is 10.3 Å². The lowest BCUT2D eigenvalue weighted by Gasteiger charge is -2.06. The van der Waals surface area contributed by atoms with E-state index < -0.39 is 0 Å². The number of ether oxygens (including phenoxy) is 1. The number of hydrogen-bond acceptors (Lipinski definition) is 4. The van der Waals surface area contributed by atoms with Crippen molar-refractivity contribution < 1.29 is 9.53 Å². The van der Waals surface area contributed by atoms with Gasteiger partial charge in [0.1, 0.15) is 5.75 Å². The Morgan fingerprint density at radius 2 is 2.15 bits per heavy atom. The Labute approximate surface area is 126 Å². The Morgan fingerprint density at radius 1 is 1.40 bits per heavy atom. The summed E-state index contributed by atoms with van der Waals surface area (Å²) in [4.78, 5) is 15.9. The maximum Gasteiger partial charge on any atom is 0.223 e. The quantitative estimate of drug-likeness (QED) is 0.891. The second kappa shape index (κ2) is 7.26. The van der Waals surface area contributed by atoms with Gasteiger partial charge in [0, 0.05) is 10.4 Å². The van der Waals surface area contributed by atoms with Crippen molar-refractivity contribution in [3.63, 3.8) is 0 Å². The molecule has 1 amide bonds. The Bertz CT molecular complexity index is 569. The van der Waals surface area contributed by atoms with Gasteiger partial charge >= 0.3 is 0 Å². The fourth-order valence-electron chi connectivity index (χ4n) is 1.56. The van der Waals surface area contributed by atoms with Gasteiger partial charge in [-0.25, -0.2) is 4.98 Å². The molecule has 2 rings (SSSR count). The van der Waals surface area contributed by atoms with Crippen LogP contribution < -0.4 is 10.1 Å². The molecule has 0 saturated heterocycles. The van der Waals surface area contributed by atoms with Gasteiger partial charge in [0.2, 0.25) is 5.91 Å². The number of carbonyl (C=O) groups is 1. The van der Waals surface area contributed by atoms with Gasteiger partial charge in [-0.05, 0) is 31.2 Å². The first kappa shape index (κ1) is 14.8. The van der Waals surface area contributed by atoms with Crippen LogP contribution in [0.4, 0.5) is 0 Å². The molecule has 0 aliphatic rings. The third-order valence-electron chi connectivity index (χ3n) is 2.54. The number of carbonyl (C=O) groups excluding carboxylic acids is 1. The van der Waals surface area contributed by atoms with E-state index >= 15 is 0 Å². The third-order valence-corrected chi connectivity index (χ3v) is 3.62. The van der Waals surface area contributed by atoms with Crippen LogP contribution in [0.3, 0.4) is 0 Å². The number of hydrogen-bond donors (Lipinski definition) is 1. The molecule has 1 heterocycles. The topological polar surface area (TPSA) is 51.2 Å². The largest absolute Gasteiger partial charge is 0.493 e. The molecule has 0 fully saturated rings. The number of halogens is 1. The zero-order chi connectivity index (χ0) is 14.4. The van der Waals surface area contributed by atoms with E-state index in [4.69, 9.17) is 16.3 Å². The molecule has 0 radical (unpaired) electrons. The molecule has 1 aromatic carbocycles.